The average molecular weight is 230 g/mol. The van der Waals surface area contributed by atoms with Crippen molar-refractivity contribution < 1.29 is 9.32 Å². The van der Waals surface area contributed by atoms with Gasteiger partial charge in [0, 0.05) is 17.8 Å². The molecule has 1 aliphatic heterocycles. The van der Waals surface area contributed by atoms with Crippen LogP contribution in [0, 0.1) is 0 Å². The maximum absolute atomic E-state index is 10.9. The summed E-state index contributed by atoms with van der Waals surface area (Å²) >= 11 is 0. The molecule has 17 heavy (non-hydrogen) atoms. The number of rotatable bonds is 2. The van der Waals surface area contributed by atoms with Crippen molar-refractivity contribution in [1.82, 2.24) is 10.1 Å². The predicted octanol–water partition coefficient (Wildman–Crippen LogP) is 0.803. The fraction of sp³-hybridized carbons (Fsp3) is 0.182. The summed E-state index contributed by atoms with van der Waals surface area (Å²) in [6, 6.07) is 5.84. The smallest absolute Gasteiger partial charge is 0.290 e. The minimum atomic E-state index is -0.695. The van der Waals surface area contributed by atoms with Gasteiger partial charge in [-0.2, -0.15) is 4.98 Å². The van der Waals surface area contributed by atoms with Crippen LogP contribution in [0.15, 0.2) is 22.7 Å². The van der Waals surface area contributed by atoms with Gasteiger partial charge >= 0.3 is 0 Å². The van der Waals surface area contributed by atoms with Crippen LogP contribution in [0.5, 0.6) is 0 Å². The van der Waals surface area contributed by atoms with Gasteiger partial charge in [0.05, 0.1) is 0 Å². The molecule has 0 spiro atoms. The summed E-state index contributed by atoms with van der Waals surface area (Å²) in [5.74, 6) is -0.497. The van der Waals surface area contributed by atoms with Gasteiger partial charge in [-0.15, -0.1) is 0 Å². The lowest BCUT2D eigenvalue weighted by molar-refractivity contribution is 0.0987. The molecule has 0 bridgehead atoms. The topological polar surface area (TPSA) is 94.0 Å². The van der Waals surface area contributed by atoms with Crippen LogP contribution >= 0.6 is 0 Å². The molecule has 0 unspecified atom stereocenters. The van der Waals surface area contributed by atoms with Crippen molar-refractivity contribution in [2.24, 2.45) is 5.73 Å². The number of fused-ring (bicyclic) bond motifs is 1. The van der Waals surface area contributed by atoms with Gasteiger partial charge in [0.1, 0.15) is 0 Å². The van der Waals surface area contributed by atoms with E-state index in [0.717, 1.165) is 24.2 Å². The largest absolute Gasteiger partial charge is 0.384 e. The molecular formula is C11H10N4O2. The Kier molecular flexibility index (Phi) is 2.07. The molecule has 86 valence electrons. The second kappa shape index (κ2) is 3.58. The van der Waals surface area contributed by atoms with Gasteiger partial charge in [0.25, 0.3) is 17.6 Å². The number of benzene rings is 1. The van der Waals surface area contributed by atoms with Gasteiger partial charge < -0.3 is 15.6 Å². The Bertz CT molecular complexity index is 591. The Balaban J connectivity index is 2.00. The molecule has 6 nitrogen and oxygen atoms in total. The van der Waals surface area contributed by atoms with Crippen LogP contribution in [0.4, 0.5) is 5.69 Å². The second-order valence-electron chi connectivity index (χ2n) is 3.84. The van der Waals surface area contributed by atoms with E-state index in [0.29, 0.717) is 5.89 Å². The number of amides is 1. The third kappa shape index (κ3) is 1.63. The molecule has 0 fully saturated rings. The van der Waals surface area contributed by atoms with Gasteiger partial charge in [-0.1, -0.05) is 11.2 Å². The number of nitrogens with zero attached hydrogens (tertiary/aromatic N) is 2. The van der Waals surface area contributed by atoms with Gasteiger partial charge in [-0.3, -0.25) is 4.79 Å². The highest BCUT2D eigenvalue weighted by atomic mass is 16.5. The number of carbonyl (C=O) groups excluding carboxylic acids is 1. The van der Waals surface area contributed by atoms with Crippen molar-refractivity contribution in [2.75, 3.05) is 11.9 Å². The van der Waals surface area contributed by atoms with E-state index in [-0.39, 0.29) is 5.82 Å². The molecule has 1 aliphatic rings. The van der Waals surface area contributed by atoms with Crippen molar-refractivity contribution in [3.63, 3.8) is 0 Å². The normalized spacial score (nSPS) is 13.2. The highest BCUT2D eigenvalue weighted by Gasteiger charge is 2.15. The monoisotopic (exact) mass is 230 g/mol. The number of nitrogens with one attached hydrogen (secondary N) is 1. The van der Waals surface area contributed by atoms with Crippen molar-refractivity contribution in [3.8, 4) is 11.5 Å². The van der Waals surface area contributed by atoms with Crippen molar-refractivity contribution >= 4 is 11.6 Å². The molecule has 0 radical (unpaired) electrons. The number of carbonyl (C=O) groups is 1. The zero-order valence-corrected chi connectivity index (χ0v) is 8.93. The molecule has 1 amide bonds. The summed E-state index contributed by atoms with van der Waals surface area (Å²) in [6.45, 7) is 0.940. The molecule has 3 N–H and O–H groups in total. The highest BCUT2D eigenvalue weighted by Crippen LogP contribution is 2.27. The summed E-state index contributed by atoms with van der Waals surface area (Å²) in [4.78, 5) is 14.8. The van der Waals surface area contributed by atoms with Crippen LogP contribution in [-0.4, -0.2) is 22.6 Å². The number of aromatic nitrogens is 2. The van der Waals surface area contributed by atoms with E-state index in [2.05, 4.69) is 15.5 Å². The number of nitrogens with two attached hydrogens (primary N) is 1. The van der Waals surface area contributed by atoms with E-state index < -0.39 is 5.91 Å². The number of primary amides is 1. The fourth-order valence-electron chi connectivity index (χ4n) is 1.86. The van der Waals surface area contributed by atoms with Gasteiger partial charge in [-0.05, 0) is 24.1 Å². The maximum atomic E-state index is 10.9. The molecule has 0 aliphatic carbocycles. The fourth-order valence-corrected chi connectivity index (χ4v) is 1.86. The second-order valence-corrected chi connectivity index (χ2v) is 3.84. The molecule has 6 heteroatoms. The van der Waals surface area contributed by atoms with Crippen molar-refractivity contribution in [2.45, 2.75) is 6.42 Å². The first-order valence-electron chi connectivity index (χ1n) is 5.25. The Morgan fingerprint density at radius 2 is 2.35 bits per heavy atom. The lowest BCUT2D eigenvalue weighted by atomic mass is 10.1. The zero-order chi connectivity index (χ0) is 11.8. The molecule has 2 aromatic rings. The van der Waals surface area contributed by atoms with Gasteiger partial charge in [0.2, 0.25) is 0 Å². The summed E-state index contributed by atoms with van der Waals surface area (Å²) in [7, 11) is 0. The first-order valence-corrected chi connectivity index (χ1v) is 5.25. The summed E-state index contributed by atoms with van der Waals surface area (Å²) in [6.07, 6.45) is 1.02. The van der Waals surface area contributed by atoms with Crippen LogP contribution in [0.25, 0.3) is 11.5 Å². The SMILES string of the molecule is NC(=O)c1noc(-c2ccc3c(c2)NCC3)n1. The van der Waals surface area contributed by atoms with E-state index in [1.807, 2.05) is 18.2 Å². The Labute approximate surface area is 96.8 Å². The molecular weight excluding hydrogens is 220 g/mol. The molecule has 0 saturated heterocycles. The first kappa shape index (κ1) is 9.83. The Hall–Kier alpha value is -2.37. The highest BCUT2D eigenvalue weighted by molar-refractivity contribution is 5.89. The first-order chi connectivity index (χ1) is 8.24. The van der Waals surface area contributed by atoms with E-state index in [9.17, 15) is 4.79 Å². The van der Waals surface area contributed by atoms with Crippen LogP contribution < -0.4 is 11.1 Å². The Morgan fingerprint density at radius 3 is 3.12 bits per heavy atom. The molecule has 3 rings (SSSR count). The lowest BCUT2D eigenvalue weighted by Gasteiger charge is -2.00. The van der Waals surface area contributed by atoms with Crippen LogP contribution in [0.3, 0.4) is 0 Å². The quantitative estimate of drug-likeness (QED) is 0.795. The van der Waals surface area contributed by atoms with Crippen LogP contribution in [-0.2, 0) is 6.42 Å². The standard InChI is InChI=1S/C11H10N4O2/c12-9(16)10-14-11(17-15-10)7-2-1-6-3-4-13-8(6)5-7/h1-2,5,13H,3-4H2,(H2,12,16). The molecule has 1 aromatic carbocycles. The predicted molar refractivity (Wildman–Crippen MR) is 60.4 cm³/mol. The summed E-state index contributed by atoms with van der Waals surface area (Å²) in [5, 5.41) is 6.76. The van der Waals surface area contributed by atoms with Crippen molar-refractivity contribution in [3.05, 3.63) is 29.6 Å². The van der Waals surface area contributed by atoms with E-state index >= 15 is 0 Å². The maximum Gasteiger partial charge on any atom is 0.290 e. The molecule has 2 heterocycles. The van der Waals surface area contributed by atoms with Crippen molar-refractivity contribution in [1.29, 1.82) is 0 Å². The number of hydrogen-bond acceptors (Lipinski definition) is 5. The molecule has 0 atom stereocenters. The third-order valence-corrected chi connectivity index (χ3v) is 2.71. The van der Waals surface area contributed by atoms with Crippen LogP contribution in [0.1, 0.15) is 16.2 Å². The Morgan fingerprint density at radius 1 is 1.47 bits per heavy atom. The number of anilines is 1. The van der Waals surface area contributed by atoms with Crippen LogP contribution in [0.2, 0.25) is 0 Å². The van der Waals surface area contributed by atoms with Gasteiger partial charge in [-0.25, -0.2) is 0 Å². The third-order valence-electron chi connectivity index (χ3n) is 2.71. The molecule has 0 saturated carbocycles. The number of hydrogen-bond donors (Lipinski definition) is 2. The minimum Gasteiger partial charge on any atom is -0.384 e. The summed E-state index contributed by atoms with van der Waals surface area (Å²) in [5.41, 5.74) is 8.17. The van der Waals surface area contributed by atoms with E-state index in [1.165, 1.54) is 5.56 Å². The lowest BCUT2D eigenvalue weighted by Crippen LogP contribution is -2.12. The van der Waals surface area contributed by atoms with E-state index in [4.69, 9.17) is 10.3 Å². The van der Waals surface area contributed by atoms with E-state index in [1.54, 1.807) is 0 Å². The zero-order valence-electron chi connectivity index (χ0n) is 8.93. The summed E-state index contributed by atoms with van der Waals surface area (Å²) < 4.78 is 4.98. The minimum absolute atomic E-state index is 0.103. The molecule has 1 aromatic heterocycles. The van der Waals surface area contributed by atoms with Gasteiger partial charge in [0.15, 0.2) is 0 Å². The average Bonchev–Trinajstić information content (AvgIpc) is 2.97.